The van der Waals surface area contributed by atoms with Gasteiger partial charge in [-0.25, -0.2) is 0 Å². The average molecular weight is 318 g/mol. The Hall–Kier alpha value is -2.00. The third kappa shape index (κ3) is 4.01. The van der Waals surface area contributed by atoms with Gasteiger partial charge in [0.25, 0.3) is 5.91 Å². The van der Waals surface area contributed by atoms with Gasteiger partial charge in [-0.1, -0.05) is 35.9 Å². The molecule has 2 aromatic rings. The van der Waals surface area contributed by atoms with E-state index >= 15 is 0 Å². The molecular formula is C18H20ClNO2. The van der Waals surface area contributed by atoms with Crippen molar-refractivity contribution in [3.05, 3.63) is 64.7 Å². The molecule has 0 radical (unpaired) electrons. The maximum absolute atomic E-state index is 12.5. The second kappa shape index (κ2) is 7.32. The number of amides is 1. The third-order valence-corrected chi connectivity index (χ3v) is 3.77. The summed E-state index contributed by atoms with van der Waals surface area (Å²) >= 11 is 5.87. The number of nitrogens with zero attached hydrogens (tertiary/aromatic N) is 1. The smallest absolute Gasteiger partial charge is 0.257 e. The van der Waals surface area contributed by atoms with Crippen molar-refractivity contribution in [2.75, 3.05) is 7.05 Å². The summed E-state index contributed by atoms with van der Waals surface area (Å²) in [7, 11) is 1.79. The van der Waals surface area contributed by atoms with Crippen LogP contribution in [0, 0.1) is 0 Å². The molecule has 3 nitrogen and oxygen atoms in total. The molecule has 4 heteroatoms. The van der Waals surface area contributed by atoms with E-state index in [1.54, 1.807) is 18.0 Å². The zero-order valence-electron chi connectivity index (χ0n) is 13.0. The number of para-hydroxylation sites is 1. The summed E-state index contributed by atoms with van der Waals surface area (Å²) in [6.07, 6.45) is 0. The highest BCUT2D eigenvalue weighted by Crippen LogP contribution is 2.22. The van der Waals surface area contributed by atoms with E-state index in [2.05, 4.69) is 0 Å². The number of halogens is 1. The molecule has 0 aliphatic heterocycles. The van der Waals surface area contributed by atoms with Crippen molar-refractivity contribution in [3.63, 3.8) is 0 Å². The summed E-state index contributed by atoms with van der Waals surface area (Å²) in [6, 6.07) is 14.9. The fraction of sp³-hybridized carbons (Fsp3) is 0.278. The van der Waals surface area contributed by atoms with E-state index in [1.807, 2.05) is 56.3 Å². The van der Waals surface area contributed by atoms with Crippen LogP contribution < -0.4 is 4.74 Å². The number of carbonyl (C=O) groups excluding carboxylic acids is 1. The number of carbonyl (C=O) groups is 1. The van der Waals surface area contributed by atoms with Gasteiger partial charge >= 0.3 is 0 Å². The van der Waals surface area contributed by atoms with Gasteiger partial charge in [0.05, 0.1) is 5.56 Å². The lowest BCUT2D eigenvalue weighted by Crippen LogP contribution is -2.33. The SMILES string of the molecule is CC(C)N(C)C(=O)c1ccccc1OCc1ccc(Cl)cc1. The quantitative estimate of drug-likeness (QED) is 0.818. The molecule has 0 atom stereocenters. The zero-order valence-corrected chi connectivity index (χ0v) is 13.8. The van der Waals surface area contributed by atoms with Gasteiger partial charge < -0.3 is 9.64 Å². The molecule has 0 heterocycles. The Kier molecular flexibility index (Phi) is 5.45. The molecule has 0 aliphatic carbocycles. The van der Waals surface area contributed by atoms with Gasteiger partial charge in [0.1, 0.15) is 12.4 Å². The largest absolute Gasteiger partial charge is 0.488 e. The lowest BCUT2D eigenvalue weighted by molar-refractivity contribution is 0.0750. The van der Waals surface area contributed by atoms with Gasteiger partial charge in [0.2, 0.25) is 0 Å². The molecule has 0 N–H and O–H groups in total. The van der Waals surface area contributed by atoms with Crippen molar-refractivity contribution in [1.82, 2.24) is 4.90 Å². The Labute approximate surface area is 136 Å². The predicted octanol–water partition coefficient (Wildman–Crippen LogP) is 4.40. The van der Waals surface area contributed by atoms with Gasteiger partial charge in [-0.15, -0.1) is 0 Å². The number of hydrogen-bond acceptors (Lipinski definition) is 2. The monoisotopic (exact) mass is 317 g/mol. The van der Waals surface area contributed by atoms with Crippen molar-refractivity contribution >= 4 is 17.5 Å². The Bertz CT molecular complexity index is 638. The van der Waals surface area contributed by atoms with Crippen molar-refractivity contribution in [2.24, 2.45) is 0 Å². The Morgan fingerprint density at radius 1 is 1.14 bits per heavy atom. The van der Waals surface area contributed by atoms with E-state index in [-0.39, 0.29) is 11.9 Å². The molecule has 2 aromatic carbocycles. The second-order valence-corrected chi connectivity index (χ2v) is 5.86. The summed E-state index contributed by atoms with van der Waals surface area (Å²) in [4.78, 5) is 14.2. The summed E-state index contributed by atoms with van der Waals surface area (Å²) in [6.45, 7) is 4.36. The van der Waals surface area contributed by atoms with Gasteiger partial charge in [0, 0.05) is 18.1 Å². The highest BCUT2D eigenvalue weighted by molar-refractivity contribution is 6.30. The Balaban J connectivity index is 2.14. The van der Waals surface area contributed by atoms with Crippen LogP contribution in [0.15, 0.2) is 48.5 Å². The van der Waals surface area contributed by atoms with Crippen LogP contribution >= 0.6 is 11.6 Å². The van der Waals surface area contributed by atoms with E-state index in [4.69, 9.17) is 16.3 Å². The Morgan fingerprint density at radius 2 is 1.77 bits per heavy atom. The zero-order chi connectivity index (χ0) is 16.1. The molecule has 0 fully saturated rings. The van der Waals surface area contributed by atoms with Crippen LogP contribution in [0.5, 0.6) is 5.75 Å². The molecular weight excluding hydrogens is 298 g/mol. The van der Waals surface area contributed by atoms with E-state index in [9.17, 15) is 4.79 Å². The van der Waals surface area contributed by atoms with Gasteiger partial charge in [-0.3, -0.25) is 4.79 Å². The molecule has 2 rings (SSSR count). The first-order valence-electron chi connectivity index (χ1n) is 7.22. The van der Waals surface area contributed by atoms with E-state index < -0.39 is 0 Å². The number of rotatable bonds is 5. The molecule has 116 valence electrons. The summed E-state index contributed by atoms with van der Waals surface area (Å²) in [5.41, 5.74) is 1.58. The highest BCUT2D eigenvalue weighted by atomic mass is 35.5. The lowest BCUT2D eigenvalue weighted by atomic mass is 10.1. The fourth-order valence-electron chi connectivity index (χ4n) is 1.94. The molecule has 0 unspecified atom stereocenters. The maximum Gasteiger partial charge on any atom is 0.257 e. The molecule has 22 heavy (non-hydrogen) atoms. The normalized spacial score (nSPS) is 10.6. The number of ether oxygens (including phenoxy) is 1. The number of hydrogen-bond donors (Lipinski definition) is 0. The van der Waals surface area contributed by atoms with Crippen molar-refractivity contribution in [2.45, 2.75) is 26.5 Å². The highest BCUT2D eigenvalue weighted by Gasteiger charge is 2.18. The van der Waals surface area contributed by atoms with Crippen LogP contribution in [-0.4, -0.2) is 23.9 Å². The first-order valence-corrected chi connectivity index (χ1v) is 7.60. The van der Waals surface area contributed by atoms with Crippen LogP contribution in [0.2, 0.25) is 5.02 Å². The Morgan fingerprint density at radius 3 is 2.41 bits per heavy atom. The van der Waals surface area contributed by atoms with Gasteiger partial charge in [-0.05, 0) is 43.7 Å². The molecule has 0 aromatic heterocycles. The minimum absolute atomic E-state index is 0.0401. The van der Waals surface area contributed by atoms with Crippen LogP contribution in [0.3, 0.4) is 0 Å². The minimum Gasteiger partial charge on any atom is -0.488 e. The third-order valence-electron chi connectivity index (χ3n) is 3.52. The van der Waals surface area contributed by atoms with Gasteiger partial charge in [-0.2, -0.15) is 0 Å². The average Bonchev–Trinajstić information content (AvgIpc) is 2.53. The molecule has 1 amide bonds. The van der Waals surface area contributed by atoms with Gasteiger partial charge in [0.15, 0.2) is 0 Å². The molecule has 0 saturated carbocycles. The summed E-state index contributed by atoms with van der Waals surface area (Å²) < 4.78 is 5.82. The summed E-state index contributed by atoms with van der Waals surface area (Å²) in [5.74, 6) is 0.552. The molecule has 0 aliphatic rings. The predicted molar refractivity (Wildman–Crippen MR) is 89.5 cm³/mol. The van der Waals surface area contributed by atoms with E-state index in [0.717, 1.165) is 5.56 Å². The minimum atomic E-state index is -0.0401. The first kappa shape index (κ1) is 16.4. The second-order valence-electron chi connectivity index (χ2n) is 5.42. The van der Waals surface area contributed by atoms with E-state index in [1.165, 1.54) is 0 Å². The lowest BCUT2D eigenvalue weighted by Gasteiger charge is -2.22. The fourth-order valence-corrected chi connectivity index (χ4v) is 2.06. The van der Waals surface area contributed by atoms with E-state index in [0.29, 0.717) is 22.9 Å². The van der Waals surface area contributed by atoms with Crippen molar-refractivity contribution in [1.29, 1.82) is 0 Å². The summed E-state index contributed by atoms with van der Waals surface area (Å²) in [5, 5.41) is 0.692. The van der Waals surface area contributed by atoms with Crippen LogP contribution in [0.1, 0.15) is 29.8 Å². The molecule has 0 spiro atoms. The van der Waals surface area contributed by atoms with Crippen molar-refractivity contribution < 1.29 is 9.53 Å². The standard InChI is InChI=1S/C18H20ClNO2/c1-13(2)20(3)18(21)16-6-4-5-7-17(16)22-12-14-8-10-15(19)11-9-14/h4-11,13H,12H2,1-3H3. The first-order chi connectivity index (χ1) is 10.5. The topological polar surface area (TPSA) is 29.5 Å². The molecule has 0 bridgehead atoms. The molecule has 0 saturated heterocycles. The van der Waals surface area contributed by atoms with Crippen LogP contribution in [0.25, 0.3) is 0 Å². The maximum atomic E-state index is 12.5. The number of benzene rings is 2. The van der Waals surface area contributed by atoms with Crippen LogP contribution in [0.4, 0.5) is 0 Å². The van der Waals surface area contributed by atoms with Crippen LogP contribution in [-0.2, 0) is 6.61 Å². The van der Waals surface area contributed by atoms with Crippen molar-refractivity contribution in [3.8, 4) is 5.75 Å².